The topological polar surface area (TPSA) is 38.3 Å². The monoisotopic (exact) mass is 233 g/mol. The second-order valence-corrected chi connectivity index (χ2v) is 3.90. The van der Waals surface area contributed by atoms with Gasteiger partial charge in [-0.1, -0.05) is 18.2 Å². The standard InChI is InChI=1S/C14H19NO2/c1-4-9-15-14(16)8-6-12-5-7-13(17-3)11(2)10-12/h4-5,7,10H,1,6,8-9H2,2-3H3,(H,15,16). The number of methoxy groups -OCH3 is 1. The fraction of sp³-hybridized carbons (Fsp3) is 0.357. The maximum Gasteiger partial charge on any atom is 0.220 e. The second-order valence-electron chi connectivity index (χ2n) is 3.90. The summed E-state index contributed by atoms with van der Waals surface area (Å²) in [6, 6.07) is 5.98. The van der Waals surface area contributed by atoms with Crippen LogP contribution in [0.25, 0.3) is 0 Å². The molecule has 1 amide bonds. The maximum absolute atomic E-state index is 11.4. The van der Waals surface area contributed by atoms with Gasteiger partial charge in [0, 0.05) is 13.0 Å². The molecule has 0 aromatic heterocycles. The van der Waals surface area contributed by atoms with Gasteiger partial charge in [0.15, 0.2) is 0 Å². The molecule has 0 aliphatic carbocycles. The van der Waals surface area contributed by atoms with E-state index in [1.807, 2.05) is 19.1 Å². The van der Waals surface area contributed by atoms with Gasteiger partial charge in [-0.05, 0) is 30.5 Å². The zero-order chi connectivity index (χ0) is 12.7. The Morgan fingerprint density at radius 3 is 2.88 bits per heavy atom. The lowest BCUT2D eigenvalue weighted by molar-refractivity contribution is -0.120. The molecule has 0 aliphatic rings. The summed E-state index contributed by atoms with van der Waals surface area (Å²) in [6.07, 6.45) is 2.92. The summed E-state index contributed by atoms with van der Waals surface area (Å²) in [5.74, 6) is 0.934. The summed E-state index contributed by atoms with van der Waals surface area (Å²) in [4.78, 5) is 11.4. The minimum atomic E-state index is 0.0540. The molecule has 92 valence electrons. The Bertz CT molecular complexity index is 399. The predicted molar refractivity (Wildman–Crippen MR) is 69.3 cm³/mol. The van der Waals surface area contributed by atoms with Crippen molar-refractivity contribution in [3.8, 4) is 5.75 Å². The highest BCUT2D eigenvalue weighted by molar-refractivity contribution is 5.76. The summed E-state index contributed by atoms with van der Waals surface area (Å²) in [7, 11) is 1.66. The molecule has 0 atom stereocenters. The van der Waals surface area contributed by atoms with E-state index in [0.29, 0.717) is 13.0 Å². The van der Waals surface area contributed by atoms with Crippen molar-refractivity contribution in [1.29, 1.82) is 0 Å². The Morgan fingerprint density at radius 2 is 2.29 bits per heavy atom. The predicted octanol–water partition coefficient (Wildman–Crippen LogP) is 2.24. The molecule has 0 unspecified atom stereocenters. The van der Waals surface area contributed by atoms with Crippen molar-refractivity contribution >= 4 is 5.91 Å². The second kappa shape index (κ2) is 6.74. The van der Waals surface area contributed by atoms with E-state index < -0.39 is 0 Å². The first-order valence-electron chi connectivity index (χ1n) is 5.68. The SMILES string of the molecule is C=CCNC(=O)CCc1ccc(OC)c(C)c1. The molecule has 0 aliphatic heterocycles. The summed E-state index contributed by atoms with van der Waals surface area (Å²) in [5, 5.41) is 2.76. The lowest BCUT2D eigenvalue weighted by atomic mass is 10.1. The Balaban J connectivity index is 2.49. The van der Waals surface area contributed by atoms with E-state index in [1.54, 1.807) is 13.2 Å². The molecule has 1 aromatic rings. The summed E-state index contributed by atoms with van der Waals surface area (Å²) >= 11 is 0. The smallest absolute Gasteiger partial charge is 0.220 e. The summed E-state index contributed by atoms with van der Waals surface area (Å²) in [6.45, 7) is 6.08. The van der Waals surface area contributed by atoms with Crippen molar-refractivity contribution in [2.75, 3.05) is 13.7 Å². The molecule has 0 radical (unpaired) electrons. The number of nitrogens with one attached hydrogen (secondary N) is 1. The van der Waals surface area contributed by atoms with E-state index in [0.717, 1.165) is 23.3 Å². The van der Waals surface area contributed by atoms with Crippen LogP contribution in [0.2, 0.25) is 0 Å². The molecule has 1 rings (SSSR count). The number of aryl methyl sites for hydroxylation is 2. The molecular weight excluding hydrogens is 214 g/mol. The average molecular weight is 233 g/mol. The Kier molecular flexibility index (Phi) is 5.27. The van der Waals surface area contributed by atoms with Crippen LogP contribution >= 0.6 is 0 Å². The van der Waals surface area contributed by atoms with Crippen LogP contribution in [-0.4, -0.2) is 19.6 Å². The summed E-state index contributed by atoms with van der Waals surface area (Å²) in [5.41, 5.74) is 2.24. The van der Waals surface area contributed by atoms with Crippen LogP contribution < -0.4 is 10.1 Å². The van der Waals surface area contributed by atoms with Crippen molar-refractivity contribution in [2.45, 2.75) is 19.8 Å². The number of ether oxygens (including phenoxy) is 1. The van der Waals surface area contributed by atoms with Crippen molar-refractivity contribution in [3.63, 3.8) is 0 Å². The quantitative estimate of drug-likeness (QED) is 0.765. The van der Waals surface area contributed by atoms with Gasteiger partial charge in [-0.3, -0.25) is 4.79 Å². The van der Waals surface area contributed by atoms with Crippen LogP contribution in [0.1, 0.15) is 17.5 Å². The van der Waals surface area contributed by atoms with Crippen LogP contribution in [0.5, 0.6) is 5.75 Å². The first-order chi connectivity index (χ1) is 8.17. The normalized spacial score (nSPS) is 9.76. The van der Waals surface area contributed by atoms with Gasteiger partial charge in [0.25, 0.3) is 0 Å². The molecular formula is C14H19NO2. The fourth-order valence-electron chi connectivity index (χ4n) is 1.63. The van der Waals surface area contributed by atoms with E-state index in [-0.39, 0.29) is 5.91 Å². The number of amides is 1. The highest BCUT2D eigenvalue weighted by Crippen LogP contribution is 2.19. The van der Waals surface area contributed by atoms with Gasteiger partial charge < -0.3 is 10.1 Å². The average Bonchev–Trinajstić information content (AvgIpc) is 2.34. The fourth-order valence-corrected chi connectivity index (χ4v) is 1.63. The minimum absolute atomic E-state index is 0.0540. The third-order valence-corrected chi connectivity index (χ3v) is 2.54. The first-order valence-corrected chi connectivity index (χ1v) is 5.68. The van der Waals surface area contributed by atoms with Gasteiger partial charge in [-0.15, -0.1) is 6.58 Å². The zero-order valence-corrected chi connectivity index (χ0v) is 10.5. The number of benzene rings is 1. The lowest BCUT2D eigenvalue weighted by Crippen LogP contribution is -2.23. The van der Waals surface area contributed by atoms with E-state index in [1.165, 1.54) is 0 Å². The molecule has 0 fully saturated rings. The van der Waals surface area contributed by atoms with E-state index in [9.17, 15) is 4.79 Å². The zero-order valence-electron chi connectivity index (χ0n) is 10.5. The molecule has 1 aromatic carbocycles. The van der Waals surface area contributed by atoms with Gasteiger partial charge in [0.05, 0.1) is 7.11 Å². The van der Waals surface area contributed by atoms with Crippen molar-refractivity contribution in [1.82, 2.24) is 5.32 Å². The van der Waals surface area contributed by atoms with Crippen molar-refractivity contribution < 1.29 is 9.53 Å². The Hall–Kier alpha value is -1.77. The number of rotatable bonds is 6. The maximum atomic E-state index is 11.4. The van der Waals surface area contributed by atoms with Crippen LogP contribution in [0, 0.1) is 6.92 Å². The lowest BCUT2D eigenvalue weighted by Gasteiger charge is -2.07. The van der Waals surface area contributed by atoms with E-state index in [4.69, 9.17) is 4.74 Å². The van der Waals surface area contributed by atoms with Crippen molar-refractivity contribution in [2.24, 2.45) is 0 Å². The van der Waals surface area contributed by atoms with E-state index in [2.05, 4.69) is 18.0 Å². The molecule has 0 saturated carbocycles. The number of carbonyl (C=O) groups is 1. The molecule has 3 heteroatoms. The van der Waals surface area contributed by atoms with Gasteiger partial charge >= 0.3 is 0 Å². The van der Waals surface area contributed by atoms with Crippen molar-refractivity contribution in [3.05, 3.63) is 42.0 Å². The molecule has 1 N–H and O–H groups in total. The molecule has 3 nitrogen and oxygen atoms in total. The molecule has 0 saturated heterocycles. The van der Waals surface area contributed by atoms with Gasteiger partial charge in [0.2, 0.25) is 5.91 Å². The van der Waals surface area contributed by atoms with Crippen LogP contribution in [0.4, 0.5) is 0 Å². The van der Waals surface area contributed by atoms with Crippen LogP contribution in [-0.2, 0) is 11.2 Å². The largest absolute Gasteiger partial charge is 0.496 e. The number of hydrogen-bond acceptors (Lipinski definition) is 2. The highest BCUT2D eigenvalue weighted by Gasteiger charge is 2.03. The van der Waals surface area contributed by atoms with E-state index >= 15 is 0 Å². The van der Waals surface area contributed by atoms with Gasteiger partial charge in [-0.25, -0.2) is 0 Å². The van der Waals surface area contributed by atoms with Gasteiger partial charge in [0.1, 0.15) is 5.75 Å². The van der Waals surface area contributed by atoms with Crippen LogP contribution in [0.15, 0.2) is 30.9 Å². The highest BCUT2D eigenvalue weighted by atomic mass is 16.5. The molecule has 0 heterocycles. The third-order valence-electron chi connectivity index (χ3n) is 2.54. The number of hydrogen-bond donors (Lipinski definition) is 1. The Labute approximate surface area is 102 Å². The van der Waals surface area contributed by atoms with Crippen LogP contribution in [0.3, 0.4) is 0 Å². The first kappa shape index (κ1) is 13.3. The van der Waals surface area contributed by atoms with Gasteiger partial charge in [-0.2, -0.15) is 0 Å². The Morgan fingerprint density at radius 1 is 1.53 bits per heavy atom. The number of carbonyl (C=O) groups excluding carboxylic acids is 1. The molecule has 17 heavy (non-hydrogen) atoms. The third kappa shape index (κ3) is 4.31. The molecule has 0 spiro atoms. The molecule has 0 bridgehead atoms. The summed E-state index contributed by atoms with van der Waals surface area (Å²) < 4.78 is 5.19. The minimum Gasteiger partial charge on any atom is -0.496 e.